The number of rotatable bonds is 5. The zero-order chi connectivity index (χ0) is 14.5. The van der Waals surface area contributed by atoms with Gasteiger partial charge in [0.25, 0.3) is 0 Å². The van der Waals surface area contributed by atoms with Crippen LogP contribution in [0.15, 0.2) is 30.3 Å². The van der Waals surface area contributed by atoms with Gasteiger partial charge in [0.1, 0.15) is 6.04 Å². The van der Waals surface area contributed by atoms with Crippen molar-refractivity contribution in [3.8, 4) is 0 Å². The molecular weight excluding hydrogens is 321 g/mol. The molecule has 0 spiro atoms. The van der Waals surface area contributed by atoms with E-state index < -0.39 is 0 Å². The molecular formula is C16H27Cl2N3O. The Kier molecular flexibility index (Phi) is 9.69. The molecule has 6 heteroatoms. The third-order valence-electron chi connectivity index (χ3n) is 4.06. The van der Waals surface area contributed by atoms with Gasteiger partial charge in [0.15, 0.2) is 0 Å². The molecule has 2 rings (SSSR count). The zero-order valence-electron chi connectivity index (χ0n) is 13.3. The highest BCUT2D eigenvalue weighted by atomic mass is 35.5. The van der Waals surface area contributed by atoms with Gasteiger partial charge in [-0.2, -0.15) is 0 Å². The molecule has 2 atom stereocenters. The fourth-order valence-corrected chi connectivity index (χ4v) is 2.89. The average molecular weight is 348 g/mol. The maximum absolute atomic E-state index is 12.9. The summed E-state index contributed by atoms with van der Waals surface area (Å²) in [6.45, 7) is 7.39. The molecule has 1 aromatic carbocycles. The van der Waals surface area contributed by atoms with Crippen LogP contribution in [0.5, 0.6) is 0 Å². The largest absolute Gasteiger partial charge is 0.339 e. The lowest BCUT2D eigenvalue weighted by atomic mass is 10.0. The summed E-state index contributed by atoms with van der Waals surface area (Å²) in [6.07, 6.45) is 0.908. The number of benzene rings is 1. The summed E-state index contributed by atoms with van der Waals surface area (Å²) in [7, 11) is 0. The summed E-state index contributed by atoms with van der Waals surface area (Å²) < 4.78 is 0. The van der Waals surface area contributed by atoms with E-state index in [0.29, 0.717) is 6.54 Å². The van der Waals surface area contributed by atoms with Gasteiger partial charge >= 0.3 is 0 Å². The van der Waals surface area contributed by atoms with Gasteiger partial charge < -0.3 is 10.6 Å². The Morgan fingerprint density at radius 1 is 1.27 bits per heavy atom. The Labute approximate surface area is 145 Å². The first-order valence-corrected chi connectivity index (χ1v) is 7.50. The molecule has 2 N–H and O–H groups in total. The van der Waals surface area contributed by atoms with Gasteiger partial charge in [0, 0.05) is 19.1 Å². The topological polar surface area (TPSA) is 49.6 Å². The van der Waals surface area contributed by atoms with Gasteiger partial charge in [-0.1, -0.05) is 44.2 Å². The van der Waals surface area contributed by atoms with Crippen molar-refractivity contribution in [2.45, 2.75) is 32.4 Å². The van der Waals surface area contributed by atoms with Gasteiger partial charge in [-0.25, -0.2) is 0 Å². The third kappa shape index (κ3) is 4.85. The zero-order valence-corrected chi connectivity index (χ0v) is 14.9. The minimum Gasteiger partial charge on any atom is -0.339 e. The Balaban J connectivity index is 0.00000220. The van der Waals surface area contributed by atoms with E-state index in [9.17, 15) is 4.79 Å². The summed E-state index contributed by atoms with van der Waals surface area (Å²) in [6, 6.07) is 10.00. The quantitative estimate of drug-likeness (QED) is 0.889. The molecule has 126 valence electrons. The lowest BCUT2D eigenvalue weighted by Gasteiger charge is -2.32. The fraction of sp³-hybridized carbons (Fsp3) is 0.562. The standard InChI is InChI=1S/C16H25N3O.2ClH/c1-3-18(4-2)15(13-8-6-5-7-9-13)16(20)19-11-10-14(17)12-19;;/h5-9,14-15H,3-4,10-12,17H2,1-2H3;2*1H/t14-,15?;;/m1../s1. The molecule has 1 unspecified atom stereocenters. The number of halogens is 2. The number of amides is 1. The monoisotopic (exact) mass is 347 g/mol. The van der Waals surface area contributed by atoms with Crippen molar-refractivity contribution in [2.24, 2.45) is 5.73 Å². The lowest BCUT2D eigenvalue weighted by molar-refractivity contribution is -0.136. The number of nitrogens with two attached hydrogens (primary N) is 1. The smallest absolute Gasteiger partial charge is 0.244 e. The maximum Gasteiger partial charge on any atom is 0.244 e. The highest BCUT2D eigenvalue weighted by Crippen LogP contribution is 2.24. The van der Waals surface area contributed by atoms with Crippen LogP contribution in [-0.4, -0.2) is 47.9 Å². The summed E-state index contributed by atoms with van der Waals surface area (Å²) >= 11 is 0. The van der Waals surface area contributed by atoms with Crippen molar-refractivity contribution in [3.63, 3.8) is 0 Å². The van der Waals surface area contributed by atoms with Gasteiger partial charge in [-0.3, -0.25) is 9.69 Å². The number of likely N-dealkylation sites (N-methyl/N-ethyl adjacent to an activating group) is 1. The Hall–Kier alpha value is -0.810. The van der Waals surface area contributed by atoms with E-state index in [1.807, 2.05) is 35.2 Å². The van der Waals surface area contributed by atoms with Crippen LogP contribution < -0.4 is 5.73 Å². The fourth-order valence-electron chi connectivity index (χ4n) is 2.89. The van der Waals surface area contributed by atoms with Gasteiger partial charge in [-0.05, 0) is 25.1 Å². The summed E-state index contributed by atoms with van der Waals surface area (Å²) in [5.74, 6) is 0.188. The number of hydrogen-bond donors (Lipinski definition) is 1. The number of hydrogen-bond acceptors (Lipinski definition) is 3. The van der Waals surface area contributed by atoms with E-state index in [1.54, 1.807) is 0 Å². The predicted molar refractivity (Wildman–Crippen MR) is 95.8 cm³/mol. The predicted octanol–water partition coefficient (Wildman–Crippen LogP) is 2.47. The van der Waals surface area contributed by atoms with Crippen molar-refractivity contribution in [2.75, 3.05) is 26.2 Å². The minimum atomic E-state index is -0.184. The minimum absolute atomic E-state index is 0. The first kappa shape index (κ1) is 21.2. The van der Waals surface area contributed by atoms with E-state index in [2.05, 4.69) is 18.7 Å². The second-order valence-corrected chi connectivity index (χ2v) is 5.37. The lowest BCUT2D eigenvalue weighted by Crippen LogP contribution is -2.43. The number of likely N-dealkylation sites (tertiary alicyclic amines) is 1. The second-order valence-electron chi connectivity index (χ2n) is 5.37. The molecule has 1 heterocycles. The Bertz CT molecular complexity index is 440. The molecule has 0 aliphatic carbocycles. The molecule has 0 saturated carbocycles. The van der Waals surface area contributed by atoms with Crippen LogP contribution in [0.4, 0.5) is 0 Å². The number of nitrogens with zero attached hydrogens (tertiary/aromatic N) is 2. The maximum atomic E-state index is 12.9. The van der Waals surface area contributed by atoms with Gasteiger partial charge in [0.05, 0.1) is 0 Å². The van der Waals surface area contributed by atoms with E-state index in [1.165, 1.54) is 0 Å². The van der Waals surface area contributed by atoms with Crippen molar-refractivity contribution < 1.29 is 4.79 Å². The number of carbonyl (C=O) groups excluding carboxylic acids is 1. The second kappa shape index (κ2) is 10.1. The molecule has 1 saturated heterocycles. The summed E-state index contributed by atoms with van der Waals surface area (Å²) in [5.41, 5.74) is 7.01. The van der Waals surface area contributed by atoms with Crippen molar-refractivity contribution >= 4 is 30.7 Å². The summed E-state index contributed by atoms with van der Waals surface area (Å²) in [5, 5.41) is 0. The highest BCUT2D eigenvalue weighted by Gasteiger charge is 2.33. The molecule has 0 aromatic heterocycles. The van der Waals surface area contributed by atoms with Gasteiger partial charge in [0.2, 0.25) is 5.91 Å². The highest BCUT2D eigenvalue weighted by molar-refractivity contribution is 5.85. The molecule has 1 aliphatic heterocycles. The van der Waals surface area contributed by atoms with Crippen LogP contribution >= 0.6 is 24.8 Å². The van der Waals surface area contributed by atoms with Crippen molar-refractivity contribution in [3.05, 3.63) is 35.9 Å². The average Bonchev–Trinajstić information content (AvgIpc) is 2.91. The summed E-state index contributed by atoms with van der Waals surface area (Å²) in [4.78, 5) is 17.0. The first-order valence-electron chi connectivity index (χ1n) is 7.50. The van der Waals surface area contributed by atoms with Crippen LogP contribution in [0, 0.1) is 0 Å². The molecule has 1 aromatic rings. The normalized spacial score (nSPS) is 18.5. The van der Waals surface area contributed by atoms with E-state index >= 15 is 0 Å². The SMILES string of the molecule is CCN(CC)C(C(=O)N1CC[C@@H](N)C1)c1ccccc1.Cl.Cl. The molecule has 1 amide bonds. The van der Waals surface area contributed by atoms with E-state index in [4.69, 9.17) is 5.73 Å². The van der Waals surface area contributed by atoms with Crippen LogP contribution in [0.2, 0.25) is 0 Å². The van der Waals surface area contributed by atoms with E-state index in [0.717, 1.165) is 31.6 Å². The molecule has 1 aliphatic rings. The molecule has 0 radical (unpaired) electrons. The molecule has 1 fully saturated rings. The van der Waals surface area contributed by atoms with Crippen LogP contribution in [0.1, 0.15) is 31.9 Å². The van der Waals surface area contributed by atoms with Crippen LogP contribution in [0.25, 0.3) is 0 Å². The molecule has 22 heavy (non-hydrogen) atoms. The van der Waals surface area contributed by atoms with E-state index in [-0.39, 0.29) is 42.8 Å². The first-order chi connectivity index (χ1) is 9.67. The molecule has 0 bridgehead atoms. The Morgan fingerprint density at radius 3 is 2.32 bits per heavy atom. The van der Waals surface area contributed by atoms with Crippen LogP contribution in [0.3, 0.4) is 0 Å². The van der Waals surface area contributed by atoms with Crippen LogP contribution in [-0.2, 0) is 4.79 Å². The van der Waals surface area contributed by atoms with Crippen molar-refractivity contribution in [1.82, 2.24) is 9.80 Å². The Morgan fingerprint density at radius 2 is 1.86 bits per heavy atom. The molecule has 4 nitrogen and oxygen atoms in total. The number of carbonyl (C=O) groups is 1. The van der Waals surface area contributed by atoms with Gasteiger partial charge in [-0.15, -0.1) is 24.8 Å². The van der Waals surface area contributed by atoms with Crippen molar-refractivity contribution in [1.29, 1.82) is 0 Å². The third-order valence-corrected chi connectivity index (χ3v) is 4.06.